The van der Waals surface area contributed by atoms with Gasteiger partial charge in [0.15, 0.2) is 17.3 Å². The van der Waals surface area contributed by atoms with Gasteiger partial charge in [-0.25, -0.2) is 8.78 Å². The van der Waals surface area contributed by atoms with Crippen molar-refractivity contribution >= 4 is 22.6 Å². The molecule has 0 fully saturated rings. The number of anilines is 1. The van der Waals surface area contributed by atoms with Crippen molar-refractivity contribution in [3.05, 3.63) is 65.7 Å². The molecule has 0 unspecified atom stereocenters. The van der Waals surface area contributed by atoms with Crippen LogP contribution in [0.25, 0.3) is 22.0 Å². The summed E-state index contributed by atoms with van der Waals surface area (Å²) in [6.07, 6.45) is 0. The predicted molar refractivity (Wildman–Crippen MR) is 115 cm³/mol. The van der Waals surface area contributed by atoms with Gasteiger partial charge in [0.05, 0.1) is 26.8 Å². The monoisotopic (exact) mass is 439 g/mol. The number of carbonyl (C=O) groups excluding carboxylic acids is 1. The summed E-state index contributed by atoms with van der Waals surface area (Å²) >= 11 is 0. The lowest BCUT2D eigenvalue weighted by Gasteiger charge is -2.13. The van der Waals surface area contributed by atoms with E-state index < -0.39 is 17.5 Å². The maximum absolute atomic E-state index is 14.1. The fourth-order valence-electron chi connectivity index (χ4n) is 3.39. The van der Waals surface area contributed by atoms with Gasteiger partial charge in [0.25, 0.3) is 5.91 Å². The van der Waals surface area contributed by atoms with Crippen LogP contribution in [0.1, 0.15) is 10.4 Å². The molecule has 4 aromatic rings. The molecule has 0 saturated heterocycles. The third kappa shape index (κ3) is 3.80. The largest absolute Gasteiger partial charge is 0.493 e. The number of benzene rings is 3. The highest BCUT2D eigenvalue weighted by molar-refractivity contribution is 6.08. The van der Waals surface area contributed by atoms with E-state index in [0.29, 0.717) is 33.7 Å². The van der Waals surface area contributed by atoms with Crippen molar-refractivity contribution in [3.8, 4) is 28.4 Å². The SMILES string of the molecule is COc1cc(C(=O)Nc2n[nH]c3cc(-c4cc(F)ccc4F)ccc23)cc(OC)c1OC. The Morgan fingerprint density at radius 3 is 2.31 bits per heavy atom. The number of methoxy groups -OCH3 is 3. The molecule has 1 heterocycles. The number of hydrogen-bond acceptors (Lipinski definition) is 5. The van der Waals surface area contributed by atoms with Gasteiger partial charge >= 0.3 is 0 Å². The number of H-pyrrole nitrogens is 1. The standard InChI is InChI=1S/C23H19F2N3O4/c1-30-19-9-13(10-20(31-2)21(19)32-3)23(29)26-22-15-6-4-12(8-18(15)27-28-22)16-11-14(24)5-7-17(16)25/h4-11H,1-3H3,(H2,26,27,28,29). The topological polar surface area (TPSA) is 85.5 Å². The molecule has 164 valence electrons. The number of nitrogens with one attached hydrogen (secondary N) is 2. The number of aromatic amines is 1. The second-order valence-corrected chi connectivity index (χ2v) is 6.82. The molecule has 1 amide bonds. The molecule has 3 aromatic carbocycles. The minimum atomic E-state index is -0.541. The zero-order valence-corrected chi connectivity index (χ0v) is 17.5. The van der Waals surface area contributed by atoms with E-state index in [2.05, 4.69) is 15.5 Å². The number of aromatic nitrogens is 2. The van der Waals surface area contributed by atoms with Crippen LogP contribution in [-0.2, 0) is 0 Å². The average molecular weight is 439 g/mol. The number of carbonyl (C=O) groups is 1. The van der Waals surface area contributed by atoms with Crippen LogP contribution in [0.2, 0.25) is 0 Å². The number of rotatable bonds is 6. The third-order valence-corrected chi connectivity index (χ3v) is 4.96. The Bertz CT molecular complexity index is 1300. The molecule has 0 radical (unpaired) electrons. The molecular weight excluding hydrogens is 420 g/mol. The van der Waals surface area contributed by atoms with Crippen LogP contribution in [0.4, 0.5) is 14.6 Å². The molecule has 0 aliphatic rings. The average Bonchev–Trinajstić information content (AvgIpc) is 3.21. The molecule has 0 aliphatic heterocycles. The molecular formula is C23H19F2N3O4. The molecule has 7 nitrogen and oxygen atoms in total. The summed E-state index contributed by atoms with van der Waals surface area (Å²) < 4.78 is 43.5. The van der Waals surface area contributed by atoms with Crippen molar-refractivity contribution in [2.45, 2.75) is 0 Å². The minimum Gasteiger partial charge on any atom is -0.493 e. The maximum atomic E-state index is 14.1. The van der Waals surface area contributed by atoms with Gasteiger partial charge < -0.3 is 19.5 Å². The van der Waals surface area contributed by atoms with Crippen LogP contribution in [0.5, 0.6) is 17.2 Å². The van der Waals surface area contributed by atoms with E-state index in [9.17, 15) is 13.6 Å². The molecule has 9 heteroatoms. The second kappa shape index (κ2) is 8.54. The van der Waals surface area contributed by atoms with Crippen LogP contribution in [0.3, 0.4) is 0 Å². The van der Waals surface area contributed by atoms with Gasteiger partial charge in [-0.2, -0.15) is 5.10 Å². The Balaban J connectivity index is 1.65. The summed E-state index contributed by atoms with van der Waals surface area (Å²) in [5.41, 5.74) is 1.42. The molecule has 0 bridgehead atoms. The Morgan fingerprint density at radius 1 is 0.938 bits per heavy atom. The van der Waals surface area contributed by atoms with Gasteiger partial charge in [-0.15, -0.1) is 0 Å². The fourth-order valence-corrected chi connectivity index (χ4v) is 3.39. The molecule has 2 N–H and O–H groups in total. The molecule has 4 rings (SSSR count). The van der Waals surface area contributed by atoms with Gasteiger partial charge in [0.2, 0.25) is 5.75 Å². The van der Waals surface area contributed by atoms with Crippen molar-refractivity contribution < 1.29 is 27.8 Å². The lowest BCUT2D eigenvalue weighted by Crippen LogP contribution is -2.13. The first-order valence-electron chi connectivity index (χ1n) is 9.50. The van der Waals surface area contributed by atoms with Crippen molar-refractivity contribution in [1.29, 1.82) is 0 Å². The van der Waals surface area contributed by atoms with E-state index in [1.54, 1.807) is 18.2 Å². The Morgan fingerprint density at radius 2 is 1.66 bits per heavy atom. The quantitative estimate of drug-likeness (QED) is 0.451. The van der Waals surface area contributed by atoms with Gasteiger partial charge in [0, 0.05) is 16.5 Å². The highest BCUT2D eigenvalue weighted by Gasteiger charge is 2.19. The van der Waals surface area contributed by atoms with Crippen molar-refractivity contribution in [1.82, 2.24) is 10.2 Å². The van der Waals surface area contributed by atoms with Crippen LogP contribution < -0.4 is 19.5 Å². The summed E-state index contributed by atoms with van der Waals surface area (Å²) in [5.74, 6) is -0.196. The predicted octanol–water partition coefficient (Wildman–Crippen LogP) is 4.79. The third-order valence-electron chi connectivity index (χ3n) is 4.96. The van der Waals surface area contributed by atoms with Gasteiger partial charge in [0.1, 0.15) is 11.6 Å². The smallest absolute Gasteiger partial charge is 0.257 e. The Hall–Kier alpha value is -4.14. The van der Waals surface area contributed by atoms with Gasteiger partial charge in [-0.3, -0.25) is 9.89 Å². The number of nitrogens with zero attached hydrogens (tertiary/aromatic N) is 1. The zero-order chi connectivity index (χ0) is 22.8. The molecule has 1 aromatic heterocycles. The highest BCUT2D eigenvalue weighted by atomic mass is 19.1. The number of ether oxygens (including phenoxy) is 3. The van der Waals surface area contributed by atoms with Crippen LogP contribution in [0.15, 0.2) is 48.5 Å². The van der Waals surface area contributed by atoms with E-state index in [0.717, 1.165) is 18.2 Å². The number of halogens is 2. The number of amides is 1. The Kier molecular flexibility index (Phi) is 5.63. The summed E-state index contributed by atoms with van der Waals surface area (Å²) in [4.78, 5) is 12.9. The zero-order valence-electron chi connectivity index (χ0n) is 17.5. The van der Waals surface area contributed by atoms with E-state index in [1.165, 1.54) is 33.5 Å². The Labute approximate surface area is 181 Å². The second-order valence-electron chi connectivity index (χ2n) is 6.82. The first-order valence-corrected chi connectivity index (χ1v) is 9.50. The van der Waals surface area contributed by atoms with Crippen molar-refractivity contribution in [3.63, 3.8) is 0 Å². The van der Waals surface area contributed by atoms with Crippen LogP contribution >= 0.6 is 0 Å². The van der Waals surface area contributed by atoms with E-state index >= 15 is 0 Å². The molecule has 0 atom stereocenters. The molecule has 0 spiro atoms. The van der Waals surface area contributed by atoms with Crippen LogP contribution in [-0.4, -0.2) is 37.4 Å². The van der Waals surface area contributed by atoms with Gasteiger partial charge in [-0.1, -0.05) is 6.07 Å². The summed E-state index contributed by atoms with van der Waals surface area (Å²) in [6.45, 7) is 0. The first-order chi connectivity index (χ1) is 15.4. The maximum Gasteiger partial charge on any atom is 0.257 e. The lowest BCUT2D eigenvalue weighted by atomic mass is 10.0. The fraction of sp³-hybridized carbons (Fsp3) is 0.130. The first kappa shape index (κ1) is 21.1. The highest BCUT2D eigenvalue weighted by Crippen LogP contribution is 2.38. The normalized spacial score (nSPS) is 10.8. The van der Waals surface area contributed by atoms with E-state index in [1.807, 2.05) is 0 Å². The van der Waals surface area contributed by atoms with E-state index in [-0.39, 0.29) is 16.9 Å². The summed E-state index contributed by atoms with van der Waals surface area (Å²) in [7, 11) is 4.39. The molecule has 0 aliphatic carbocycles. The van der Waals surface area contributed by atoms with Crippen molar-refractivity contribution in [2.75, 3.05) is 26.6 Å². The van der Waals surface area contributed by atoms with Crippen molar-refractivity contribution in [2.24, 2.45) is 0 Å². The van der Waals surface area contributed by atoms with E-state index in [4.69, 9.17) is 14.2 Å². The minimum absolute atomic E-state index is 0.129. The number of fused-ring (bicyclic) bond motifs is 1. The molecule has 32 heavy (non-hydrogen) atoms. The summed E-state index contributed by atoms with van der Waals surface area (Å²) in [6, 6.07) is 11.2. The molecule has 0 saturated carbocycles. The summed E-state index contributed by atoms with van der Waals surface area (Å²) in [5, 5.41) is 10.3. The number of hydrogen-bond donors (Lipinski definition) is 2. The van der Waals surface area contributed by atoms with Gasteiger partial charge in [-0.05, 0) is 48.0 Å². The van der Waals surface area contributed by atoms with Crippen LogP contribution in [0, 0.1) is 11.6 Å². The lowest BCUT2D eigenvalue weighted by molar-refractivity contribution is 0.102.